The molecule has 2 saturated carbocycles. The lowest BCUT2D eigenvalue weighted by atomic mass is 9.89. The fourth-order valence-corrected chi connectivity index (χ4v) is 2.76. The first-order valence-electron chi connectivity index (χ1n) is 6.81. The highest BCUT2D eigenvalue weighted by Gasteiger charge is 2.33. The van der Waals surface area contributed by atoms with Crippen LogP contribution in [-0.2, 0) is 4.79 Å². The maximum Gasteiger partial charge on any atom is 0.224 e. The Kier molecular flexibility index (Phi) is 4.22. The number of amides is 1. The smallest absolute Gasteiger partial charge is 0.224 e. The molecule has 0 heterocycles. The van der Waals surface area contributed by atoms with Crippen molar-refractivity contribution in [3.8, 4) is 0 Å². The lowest BCUT2D eigenvalue weighted by Gasteiger charge is -2.30. The van der Waals surface area contributed by atoms with E-state index < -0.39 is 0 Å². The Morgan fingerprint density at radius 3 is 2.38 bits per heavy atom. The van der Waals surface area contributed by atoms with E-state index in [1.165, 1.54) is 44.9 Å². The average molecular weight is 224 g/mol. The summed E-state index contributed by atoms with van der Waals surface area (Å²) >= 11 is 0. The van der Waals surface area contributed by atoms with E-state index in [0.717, 1.165) is 12.5 Å². The van der Waals surface area contributed by atoms with Gasteiger partial charge < -0.3 is 10.6 Å². The zero-order chi connectivity index (χ0) is 11.4. The number of rotatable bonds is 5. The van der Waals surface area contributed by atoms with Gasteiger partial charge in [0.25, 0.3) is 0 Å². The van der Waals surface area contributed by atoms with E-state index >= 15 is 0 Å². The molecule has 0 aromatic heterocycles. The first kappa shape index (κ1) is 11.9. The Bertz CT molecular complexity index is 232. The van der Waals surface area contributed by atoms with Crippen molar-refractivity contribution in [3.63, 3.8) is 0 Å². The van der Waals surface area contributed by atoms with Gasteiger partial charge in [-0.3, -0.25) is 4.79 Å². The van der Waals surface area contributed by atoms with Crippen molar-refractivity contribution < 1.29 is 4.79 Å². The van der Waals surface area contributed by atoms with Gasteiger partial charge in [0.15, 0.2) is 0 Å². The number of nitrogens with zero attached hydrogens (tertiary/aromatic N) is 1. The molecule has 3 heteroatoms. The largest absolute Gasteiger partial charge is 0.339 e. The van der Waals surface area contributed by atoms with Gasteiger partial charge in [-0.2, -0.15) is 0 Å². The summed E-state index contributed by atoms with van der Waals surface area (Å²) in [6.45, 7) is 1.50. The zero-order valence-corrected chi connectivity index (χ0v) is 10.2. The average Bonchev–Trinajstić information content (AvgIpc) is 3.11. The molecule has 0 atom stereocenters. The van der Waals surface area contributed by atoms with Crippen molar-refractivity contribution in [1.82, 2.24) is 4.90 Å². The molecule has 0 aromatic carbocycles. The lowest BCUT2D eigenvalue weighted by molar-refractivity contribution is -0.132. The highest BCUT2D eigenvalue weighted by molar-refractivity contribution is 5.77. The van der Waals surface area contributed by atoms with Crippen LogP contribution < -0.4 is 5.73 Å². The predicted molar refractivity (Wildman–Crippen MR) is 65.0 cm³/mol. The second kappa shape index (κ2) is 5.67. The number of nitrogens with two attached hydrogens (primary N) is 1. The molecule has 16 heavy (non-hydrogen) atoms. The number of carbonyl (C=O) groups excluding carboxylic acids is 1. The van der Waals surface area contributed by atoms with Crippen molar-refractivity contribution in [3.05, 3.63) is 0 Å². The van der Waals surface area contributed by atoms with Crippen LogP contribution in [0.4, 0.5) is 0 Å². The van der Waals surface area contributed by atoms with Gasteiger partial charge in [-0.05, 0) is 31.6 Å². The SMILES string of the molecule is NCCC(=O)N(CC1CCCCC1)C1CC1. The molecule has 2 N–H and O–H groups in total. The Balaban J connectivity index is 1.83. The van der Waals surface area contributed by atoms with Crippen LogP contribution in [0.5, 0.6) is 0 Å². The van der Waals surface area contributed by atoms with Crippen molar-refractivity contribution in [2.75, 3.05) is 13.1 Å². The topological polar surface area (TPSA) is 46.3 Å². The summed E-state index contributed by atoms with van der Waals surface area (Å²) in [5.41, 5.74) is 5.47. The quantitative estimate of drug-likeness (QED) is 0.775. The van der Waals surface area contributed by atoms with Crippen LogP contribution in [0.1, 0.15) is 51.4 Å². The second-order valence-electron chi connectivity index (χ2n) is 5.32. The van der Waals surface area contributed by atoms with Crippen molar-refractivity contribution >= 4 is 5.91 Å². The minimum Gasteiger partial charge on any atom is -0.339 e. The van der Waals surface area contributed by atoms with Crippen LogP contribution in [-0.4, -0.2) is 29.9 Å². The molecule has 0 bridgehead atoms. The molecule has 0 aromatic rings. The molecule has 0 radical (unpaired) electrons. The number of hydrogen-bond acceptors (Lipinski definition) is 2. The van der Waals surface area contributed by atoms with Gasteiger partial charge in [0.2, 0.25) is 5.91 Å². The molecule has 3 nitrogen and oxygen atoms in total. The number of hydrogen-bond donors (Lipinski definition) is 1. The fourth-order valence-electron chi connectivity index (χ4n) is 2.76. The van der Waals surface area contributed by atoms with Gasteiger partial charge in [-0.15, -0.1) is 0 Å². The summed E-state index contributed by atoms with van der Waals surface area (Å²) in [6, 6.07) is 0.556. The Hall–Kier alpha value is -0.570. The zero-order valence-electron chi connectivity index (χ0n) is 10.2. The van der Waals surface area contributed by atoms with E-state index in [9.17, 15) is 4.79 Å². The molecule has 1 amide bonds. The van der Waals surface area contributed by atoms with Gasteiger partial charge in [0.1, 0.15) is 0 Å². The summed E-state index contributed by atoms with van der Waals surface area (Å²) in [5, 5.41) is 0. The van der Waals surface area contributed by atoms with E-state index in [2.05, 4.69) is 4.90 Å². The second-order valence-corrected chi connectivity index (χ2v) is 5.32. The molecule has 0 aliphatic heterocycles. The minimum atomic E-state index is 0.288. The summed E-state index contributed by atoms with van der Waals surface area (Å²) in [7, 11) is 0. The maximum atomic E-state index is 11.9. The standard InChI is InChI=1S/C13H24N2O/c14-9-8-13(16)15(12-6-7-12)10-11-4-2-1-3-5-11/h11-12H,1-10,14H2. The molecule has 2 aliphatic rings. The van der Waals surface area contributed by atoms with Crippen molar-refractivity contribution in [2.24, 2.45) is 11.7 Å². The number of carbonyl (C=O) groups is 1. The first-order valence-corrected chi connectivity index (χ1v) is 6.81. The maximum absolute atomic E-state index is 11.9. The molecule has 0 spiro atoms. The summed E-state index contributed by atoms with van der Waals surface area (Å²) < 4.78 is 0. The molecule has 2 aliphatic carbocycles. The van der Waals surface area contributed by atoms with Gasteiger partial charge in [-0.25, -0.2) is 0 Å². The normalized spacial score (nSPS) is 22.1. The van der Waals surface area contributed by atoms with Gasteiger partial charge in [0.05, 0.1) is 0 Å². The van der Waals surface area contributed by atoms with E-state index in [1.54, 1.807) is 0 Å². The fraction of sp³-hybridized carbons (Fsp3) is 0.923. The van der Waals surface area contributed by atoms with Crippen LogP contribution >= 0.6 is 0 Å². The van der Waals surface area contributed by atoms with E-state index in [4.69, 9.17) is 5.73 Å². The van der Waals surface area contributed by atoms with Crippen molar-refractivity contribution in [2.45, 2.75) is 57.4 Å². The van der Waals surface area contributed by atoms with Gasteiger partial charge in [-0.1, -0.05) is 19.3 Å². The summed E-state index contributed by atoms with van der Waals surface area (Å²) in [5.74, 6) is 1.05. The van der Waals surface area contributed by atoms with Crippen LogP contribution in [0.25, 0.3) is 0 Å². The minimum absolute atomic E-state index is 0.288. The molecular weight excluding hydrogens is 200 g/mol. The van der Waals surface area contributed by atoms with E-state index in [1.807, 2.05) is 0 Å². The van der Waals surface area contributed by atoms with E-state index in [0.29, 0.717) is 19.0 Å². The van der Waals surface area contributed by atoms with Gasteiger partial charge >= 0.3 is 0 Å². The summed E-state index contributed by atoms with van der Waals surface area (Å²) in [4.78, 5) is 14.1. The lowest BCUT2D eigenvalue weighted by Crippen LogP contribution is -2.38. The van der Waals surface area contributed by atoms with Crippen molar-refractivity contribution in [1.29, 1.82) is 0 Å². The van der Waals surface area contributed by atoms with Crippen LogP contribution in [0, 0.1) is 5.92 Å². The molecule has 2 fully saturated rings. The molecule has 2 rings (SSSR count). The highest BCUT2D eigenvalue weighted by atomic mass is 16.2. The Morgan fingerprint density at radius 2 is 1.81 bits per heavy atom. The third-order valence-electron chi connectivity index (χ3n) is 3.85. The molecule has 0 unspecified atom stereocenters. The van der Waals surface area contributed by atoms with Crippen LogP contribution in [0.2, 0.25) is 0 Å². The Labute approximate surface area is 98.4 Å². The van der Waals surface area contributed by atoms with Crippen LogP contribution in [0.3, 0.4) is 0 Å². The third-order valence-corrected chi connectivity index (χ3v) is 3.85. The molecule has 92 valence electrons. The first-order chi connectivity index (χ1) is 7.81. The van der Waals surface area contributed by atoms with E-state index in [-0.39, 0.29) is 5.91 Å². The molecule has 0 saturated heterocycles. The highest BCUT2D eigenvalue weighted by Crippen LogP contribution is 2.31. The molecular formula is C13H24N2O. The predicted octanol–water partition coefficient (Wildman–Crippen LogP) is 1.91. The summed E-state index contributed by atoms with van der Waals surface area (Å²) in [6.07, 6.45) is 9.69. The Morgan fingerprint density at radius 1 is 1.12 bits per heavy atom. The van der Waals surface area contributed by atoms with Crippen LogP contribution in [0.15, 0.2) is 0 Å². The van der Waals surface area contributed by atoms with Gasteiger partial charge in [0, 0.05) is 25.6 Å². The third kappa shape index (κ3) is 3.21. The monoisotopic (exact) mass is 224 g/mol.